The average molecular weight is 489 g/mol. The van der Waals surface area contributed by atoms with Crippen molar-refractivity contribution in [2.75, 3.05) is 18.8 Å². The molecule has 7 nitrogen and oxygen atoms in total. The van der Waals surface area contributed by atoms with E-state index in [9.17, 15) is 14.4 Å². The number of hydrogen-bond acceptors (Lipinski definition) is 5. The summed E-state index contributed by atoms with van der Waals surface area (Å²) >= 11 is 1.34. The predicted octanol–water partition coefficient (Wildman–Crippen LogP) is 4.46. The zero-order chi connectivity index (χ0) is 25.1. The lowest BCUT2D eigenvalue weighted by atomic mass is 10.1. The molecule has 0 saturated carbocycles. The van der Waals surface area contributed by atoms with Crippen molar-refractivity contribution in [1.82, 2.24) is 14.5 Å². The minimum absolute atomic E-state index is 0.0849. The van der Waals surface area contributed by atoms with Crippen LogP contribution in [0.5, 0.6) is 0 Å². The zero-order valence-corrected chi connectivity index (χ0v) is 21.9. The number of primary amides is 1. The highest BCUT2D eigenvalue weighted by molar-refractivity contribution is 7.99. The molecule has 1 aromatic carbocycles. The third kappa shape index (κ3) is 9.12. The SMILES string of the molecule is CC(C)CCN(CCC(C)C)C(=O)CSc1nc2ccccc2c(=O)n1CCCCCC(N)=O. The number of amides is 2. The Labute approximate surface area is 207 Å². The maximum atomic E-state index is 13.2. The monoisotopic (exact) mass is 488 g/mol. The number of thioether (sulfide) groups is 1. The number of carbonyl (C=O) groups is 2. The predicted molar refractivity (Wildman–Crippen MR) is 140 cm³/mol. The van der Waals surface area contributed by atoms with Gasteiger partial charge in [0.25, 0.3) is 5.56 Å². The summed E-state index contributed by atoms with van der Waals surface area (Å²) in [6.07, 6.45) is 4.53. The van der Waals surface area contributed by atoms with Gasteiger partial charge in [-0.25, -0.2) is 4.98 Å². The Morgan fingerprint density at radius 3 is 2.29 bits per heavy atom. The topological polar surface area (TPSA) is 98.3 Å². The minimum Gasteiger partial charge on any atom is -0.370 e. The highest BCUT2D eigenvalue weighted by Crippen LogP contribution is 2.20. The lowest BCUT2D eigenvalue weighted by Crippen LogP contribution is -2.35. The lowest BCUT2D eigenvalue weighted by Gasteiger charge is -2.24. The second-order valence-corrected chi connectivity index (χ2v) is 10.6. The molecule has 2 amide bonds. The molecule has 0 unspecified atom stereocenters. The normalized spacial score (nSPS) is 11.5. The highest BCUT2D eigenvalue weighted by atomic mass is 32.2. The van der Waals surface area contributed by atoms with Gasteiger partial charge < -0.3 is 10.6 Å². The van der Waals surface area contributed by atoms with Gasteiger partial charge in [0.2, 0.25) is 11.8 Å². The number of para-hydroxylation sites is 1. The van der Waals surface area contributed by atoms with Gasteiger partial charge in [0.05, 0.1) is 16.7 Å². The molecular weight excluding hydrogens is 448 g/mol. The fourth-order valence-electron chi connectivity index (χ4n) is 3.61. The number of unbranched alkanes of at least 4 members (excludes halogenated alkanes) is 2. The molecule has 0 aliphatic heterocycles. The van der Waals surface area contributed by atoms with Crippen LogP contribution in [0, 0.1) is 11.8 Å². The Morgan fingerprint density at radius 2 is 1.68 bits per heavy atom. The second kappa shape index (κ2) is 14.1. The van der Waals surface area contributed by atoms with Crippen molar-refractivity contribution >= 4 is 34.5 Å². The molecule has 2 aromatic rings. The van der Waals surface area contributed by atoms with Crippen LogP contribution in [0.4, 0.5) is 0 Å². The van der Waals surface area contributed by atoms with Crippen molar-refractivity contribution in [3.63, 3.8) is 0 Å². The van der Waals surface area contributed by atoms with Crippen molar-refractivity contribution in [1.29, 1.82) is 0 Å². The Bertz CT molecular complexity index is 991. The molecule has 1 heterocycles. The number of carbonyl (C=O) groups excluding carboxylic acids is 2. The summed E-state index contributed by atoms with van der Waals surface area (Å²) in [6, 6.07) is 7.31. The van der Waals surface area contributed by atoms with Crippen LogP contribution >= 0.6 is 11.8 Å². The molecular formula is C26H40N4O3S. The molecule has 188 valence electrons. The van der Waals surface area contributed by atoms with Gasteiger partial charge in [-0.05, 0) is 49.7 Å². The quantitative estimate of drug-likeness (QED) is 0.227. The number of fused-ring (bicyclic) bond motifs is 1. The van der Waals surface area contributed by atoms with E-state index in [1.165, 1.54) is 11.8 Å². The molecule has 2 rings (SSSR count). The summed E-state index contributed by atoms with van der Waals surface area (Å²) in [5.74, 6) is 1.09. The Kier molecular flexibility index (Phi) is 11.6. The summed E-state index contributed by atoms with van der Waals surface area (Å²) < 4.78 is 1.68. The molecule has 0 fully saturated rings. The highest BCUT2D eigenvalue weighted by Gasteiger charge is 2.18. The number of benzene rings is 1. The number of rotatable bonds is 15. The number of aromatic nitrogens is 2. The van der Waals surface area contributed by atoms with Crippen molar-refractivity contribution in [2.24, 2.45) is 17.6 Å². The molecule has 34 heavy (non-hydrogen) atoms. The van der Waals surface area contributed by atoms with Crippen molar-refractivity contribution < 1.29 is 9.59 Å². The molecule has 0 atom stereocenters. The van der Waals surface area contributed by atoms with E-state index in [0.717, 1.165) is 38.8 Å². The van der Waals surface area contributed by atoms with Crippen molar-refractivity contribution in [2.45, 2.75) is 77.9 Å². The molecule has 0 aliphatic carbocycles. The third-order valence-corrected chi connectivity index (χ3v) is 6.72. The Balaban J connectivity index is 2.16. The fraction of sp³-hybridized carbons (Fsp3) is 0.615. The van der Waals surface area contributed by atoms with Crippen LogP contribution in [-0.4, -0.2) is 45.1 Å². The fourth-order valence-corrected chi connectivity index (χ4v) is 4.54. The average Bonchev–Trinajstić information content (AvgIpc) is 2.78. The van der Waals surface area contributed by atoms with Crippen molar-refractivity contribution in [3.05, 3.63) is 34.6 Å². The zero-order valence-electron chi connectivity index (χ0n) is 21.1. The molecule has 0 aliphatic rings. The van der Waals surface area contributed by atoms with Gasteiger partial charge >= 0.3 is 0 Å². The maximum absolute atomic E-state index is 13.2. The Morgan fingerprint density at radius 1 is 1.03 bits per heavy atom. The van der Waals surface area contributed by atoms with Crippen LogP contribution in [0.25, 0.3) is 10.9 Å². The van der Waals surface area contributed by atoms with E-state index in [-0.39, 0.29) is 23.1 Å². The number of nitrogens with zero attached hydrogens (tertiary/aromatic N) is 3. The minimum atomic E-state index is -0.307. The van der Waals surface area contributed by atoms with E-state index >= 15 is 0 Å². The molecule has 8 heteroatoms. The van der Waals surface area contributed by atoms with Crippen LogP contribution < -0.4 is 11.3 Å². The van der Waals surface area contributed by atoms with Crippen LogP contribution in [0.3, 0.4) is 0 Å². The van der Waals surface area contributed by atoms with E-state index in [0.29, 0.717) is 47.3 Å². The van der Waals surface area contributed by atoms with Gasteiger partial charge in [0, 0.05) is 26.1 Å². The van der Waals surface area contributed by atoms with Gasteiger partial charge in [-0.3, -0.25) is 19.0 Å². The second-order valence-electron chi connectivity index (χ2n) is 9.68. The standard InChI is InChI=1S/C26H40N4O3S/c1-19(2)13-16-29(17-14-20(3)4)24(32)18-34-26-28-22-11-8-7-10-21(22)25(33)30(26)15-9-5-6-12-23(27)31/h7-8,10-11,19-20H,5-6,9,12-18H2,1-4H3,(H2,27,31). The van der Waals surface area contributed by atoms with Gasteiger partial charge in [0.1, 0.15) is 0 Å². The molecule has 0 radical (unpaired) electrons. The summed E-state index contributed by atoms with van der Waals surface area (Å²) in [5.41, 5.74) is 5.77. The van der Waals surface area contributed by atoms with Crippen molar-refractivity contribution in [3.8, 4) is 0 Å². The van der Waals surface area contributed by atoms with Gasteiger partial charge in [0.15, 0.2) is 5.16 Å². The first kappa shape index (κ1) is 27.9. The summed E-state index contributed by atoms with van der Waals surface area (Å²) in [6.45, 7) is 10.7. The van der Waals surface area contributed by atoms with E-state index in [1.54, 1.807) is 10.6 Å². The van der Waals surface area contributed by atoms with Gasteiger partial charge in [-0.2, -0.15) is 0 Å². The third-order valence-electron chi connectivity index (χ3n) is 5.76. The molecule has 0 bridgehead atoms. The lowest BCUT2D eigenvalue weighted by molar-refractivity contribution is -0.128. The smallest absolute Gasteiger partial charge is 0.262 e. The van der Waals surface area contributed by atoms with Crippen LogP contribution in [0.1, 0.15) is 66.2 Å². The van der Waals surface area contributed by atoms with Crippen LogP contribution in [0.15, 0.2) is 34.2 Å². The molecule has 1 aromatic heterocycles. The summed E-state index contributed by atoms with van der Waals surface area (Å²) in [7, 11) is 0. The first-order chi connectivity index (χ1) is 16.2. The van der Waals surface area contributed by atoms with E-state index < -0.39 is 0 Å². The van der Waals surface area contributed by atoms with Gasteiger partial charge in [-0.15, -0.1) is 0 Å². The summed E-state index contributed by atoms with van der Waals surface area (Å²) in [5, 5.41) is 1.14. The molecule has 0 spiro atoms. The van der Waals surface area contributed by atoms with Gasteiger partial charge in [-0.1, -0.05) is 58.0 Å². The molecule has 2 N–H and O–H groups in total. The summed E-state index contributed by atoms with van der Waals surface area (Å²) in [4.78, 5) is 44.0. The molecule has 0 saturated heterocycles. The van der Waals surface area contributed by atoms with Crippen LogP contribution in [0.2, 0.25) is 0 Å². The first-order valence-electron chi connectivity index (χ1n) is 12.4. The first-order valence-corrected chi connectivity index (χ1v) is 13.4. The Hall–Kier alpha value is -2.35. The maximum Gasteiger partial charge on any atom is 0.262 e. The van der Waals surface area contributed by atoms with Crippen LogP contribution in [-0.2, 0) is 16.1 Å². The van der Waals surface area contributed by atoms with E-state index in [4.69, 9.17) is 10.7 Å². The van der Waals surface area contributed by atoms with E-state index in [2.05, 4.69) is 27.7 Å². The number of nitrogens with two attached hydrogens (primary N) is 1. The largest absolute Gasteiger partial charge is 0.370 e. The van der Waals surface area contributed by atoms with E-state index in [1.807, 2.05) is 23.1 Å². The number of hydrogen-bond donors (Lipinski definition) is 1.